The molecule has 0 saturated carbocycles. The fraction of sp³-hybridized carbons (Fsp3) is 0.421. The molecule has 0 aliphatic carbocycles. The summed E-state index contributed by atoms with van der Waals surface area (Å²) in [4.78, 5) is 41.4. The number of carbonyl (C=O) groups excluding carboxylic acids is 1. The Morgan fingerprint density at radius 1 is 1.30 bits per heavy atom. The van der Waals surface area contributed by atoms with Gasteiger partial charge in [0.05, 0.1) is 6.61 Å². The van der Waals surface area contributed by atoms with E-state index in [-0.39, 0.29) is 30.6 Å². The Morgan fingerprint density at radius 2 is 2.00 bits per heavy atom. The predicted molar refractivity (Wildman–Crippen MR) is 105 cm³/mol. The van der Waals surface area contributed by atoms with E-state index in [9.17, 15) is 14.4 Å². The van der Waals surface area contributed by atoms with Crippen molar-refractivity contribution < 1.29 is 9.53 Å². The summed E-state index contributed by atoms with van der Waals surface area (Å²) in [6.07, 6.45) is 0.651. The van der Waals surface area contributed by atoms with Crippen LogP contribution in [0, 0.1) is 13.8 Å². The van der Waals surface area contributed by atoms with Crippen molar-refractivity contribution in [3.8, 4) is 0 Å². The average Bonchev–Trinajstić information content (AvgIpc) is 2.63. The van der Waals surface area contributed by atoms with Gasteiger partial charge in [-0.05, 0) is 37.5 Å². The predicted octanol–water partition coefficient (Wildman–Crippen LogP) is 1.44. The Morgan fingerprint density at radius 3 is 2.63 bits per heavy atom. The van der Waals surface area contributed by atoms with Gasteiger partial charge in [-0.25, -0.2) is 4.79 Å². The lowest BCUT2D eigenvalue weighted by Gasteiger charge is -2.25. The highest BCUT2D eigenvalue weighted by Gasteiger charge is 2.26. The zero-order valence-electron chi connectivity index (χ0n) is 16.2. The van der Waals surface area contributed by atoms with Crippen LogP contribution >= 0.6 is 0 Å². The van der Waals surface area contributed by atoms with Crippen molar-refractivity contribution in [1.29, 1.82) is 0 Å². The molecule has 1 aromatic carbocycles. The van der Waals surface area contributed by atoms with Gasteiger partial charge in [0.15, 0.2) is 5.69 Å². The maximum absolute atomic E-state index is 13.3. The number of amides is 1. The van der Waals surface area contributed by atoms with Crippen LogP contribution in [0.3, 0.4) is 0 Å². The number of hydrogen-bond donors (Lipinski definition) is 2. The molecule has 0 saturated heterocycles. The third-order valence-electron chi connectivity index (χ3n) is 4.53. The molecule has 0 radical (unpaired) electrons. The highest BCUT2D eigenvalue weighted by Crippen LogP contribution is 2.22. The largest absolute Gasteiger partial charge is 0.383 e. The number of ether oxygens (including phenoxy) is 1. The van der Waals surface area contributed by atoms with Crippen molar-refractivity contribution in [2.45, 2.75) is 33.7 Å². The number of nitrogens with two attached hydrogens (primary N) is 1. The number of nitrogens with one attached hydrogen (secondary N) is 1. The fourth-order valence-corrected chi connectivity index (χ4v) is 2.91. The maximum atomic E-state index is 13.3. The number of hydrogen-bond acceptors (Lipinski definition) is 5. The third kappa shape index (κ3) is 4.11. The topological polar surface area (TPSA) is 110 Å². The van der Waals surface area contributed by atoms with Gasteiger partial charge < -0.3 is 10.5 Å². The molecule has 0 bridgehead atoms. The van der Waals surface area contributed by atoms with Gasteiger partial charge in [0, 0.05) is 25.8 Å². The van der Waals surface area contributed by atoms with Gasteiger partial charge in [0.2, 0.25) is 0 Å². The van der Waals surface area contributed by atoms with E-state index in [4.69, 9.17) is 10.5 Å². The summed E-state index contributed by atoms with van der Waals surface area (Å²) in [6, 6.07) is 5.40. The minimum Gasteiger partial charge on any atom is -0.383 e. The van der Waals surface area contributed by atoms with Crippen LogP contribution < -0.4 is 21.9 Å². The molecule has 1 heterocycles. The Labute approximate surface area is 157 Å². The van der Waals surface area contributed by atoms with E-state index in [2.05, 4.69) is 4.98 Å². The van der Waals surface area contributed by atoms with Crippen LogP contribution in [-0.2, 0) is 11.3 Å². The molecule has 0 unspecified atom stereocenters. The molecule has 0 fully saturated rings. The molecule has 0 aliphatic heterocycles. The fourth-order valence-electron chi connectivity index (χ4n) is 2.91. The minimum absolute atomic E-state index is 0.0274. The molecule has 0 aliphatic rings. The number of H-pyrrole nitrogens is 1. The first-order chi connectivity index (χ1) is 12.8. The van der Waals surface area contributed by atoms with Gasteiger partial charge in [-0.15, -0.1) is 0 Å². The van der Waals surface area contributed by atoms with E-state index in [1.807, 2.05) is 26.8 Å². The van der Waals surface area contributed by atoms with Crippen LogP contribution in [0.2, 0.25) is 0 Å². The van der Waals surface area contributed by atoms with Crippen LogP contribution in [0.25, 0.3) is 0 Å². The average molecular weight is 374 g/mol. The van der Waals surface area contributed by atoms with Crippen LogP contribution in [0.1, 0.15) is 34.8 Å². The molecule has 0 atom stereocenters. The first-order valence-corrected chi connectivity index (χ1v) is 8.83. The number of anilines is 2. The molecule has 27 heavy (non-hydrogen) atoms. The third-order valence-corrected chi connectivity index (χ3v) is 4.53. The molecule has 8 nitrogen and oxygen atoms in total. The smallest absolute Gasteiger partial charge is 0.330 e. The second kappa shape index (κ2) is 8.68. The lowest BCUT2D eigenvalue weighted by molar-refractivity contribution is 0.0975. The van der Waals surface area contributed by atoms with Crippen LogP contribution in [0.4, 0.5) is 11.5 Å². The van der Waals surface area contributed by atoms with Gasteiger partial charge in [-0.3, -0.25) is 24.0 Å². The summed E-state index contributed by atoms with van der Waals surface area (Å²) in [5.41, 5.74) is 7.07. The number of carbonyl (C=O) groups is 1. The number of nitrogen functional groups attached to an aromatic ring is 1. The summed E-state index contributed by atoms with van der Waals surface area (Å²) in [6.45, 7) is 6.32. The summed E-state index contributed by atoms with van der Waals surface area (Å²) in [5.74, 6) is -0.396. The van der Waals surface area contributed by atoms with Crippen LogP contribution in [0.5, 0.6) is 0 Å². The molecule has 1 amide bonds. The summed E-state index contributed by atoms with van der Waals surface area (Å²) >= 11 is 0. The molecule has 2 aromatic rings. The Bertz CT molecular complexity index is 946. The molecular formula is C19H26N4O4. The van der Waals surface area contributed by atoms with Gasteiger partial charge in [0.25, 0.3) is 11.5 Å². The van der Waals surface area contributed by atoms with Gasteiger partial charge in [-0.1, -0.05) is 19.1 Å². The van der Waals surface area contributed by atoms with E-state index in [0.29, 0.717) is 18.5 Å². The highest BCUT2D eigenvalue weighted by molar-refractivity contribution is 6.08. The van der Waals surface area contributed by atoms with Gasteiger partial charge >= 0.3 is 5.69 Å². The van der Waals surface area contributed by atoms with Crippen molar-refractivity contribution in [3.05, 3.63) is 55.7 Å². The highest BCUT2D eigenvalue weighted by atomic mass is 16.5. The van der Waals surface area contributed by atoms with Gasteiger partial charge in [-0.2, -0.15) is 0 Å². The molecule has 2 rings (SSSR count). The van der Waals surface area contributed by atoms with Crippen molar-refractivity contribution in [2.75, 3.05) is 30.9 Å². The normalized spacial score (nSPS) is 10.8. The molecule has 0 spiro atoms. The monoisotopic (exact) mass is 374 g/mol. The molecule has 8 heteroatoms. The summed E-state index contributed by atoms with van der Waals surface area (Å²) in [5, 5.41) is 0. The Balaban J connectivity index is 2.65. The minimum atomic E-state index is -0.695. The van der Waals surface area contributed by atoms with E-state index in [0.717, 1.165) is 11.1 Å². The van der Waals surface area contributed by atoms with E-state index >= 15 is 0 Å². The standard InChI is InChI=1S/C19H26N4O4/c1-5-9-23-16(20)15(17(24)21-19(23)26)22(10-11-27-4)18(25)14-8-6-7-12(2)13(14)3/h6-8H,5,9-11,20H2,1-4H3,(H,21,24,26). The first-order valence-electron chi connectivity index (χ1n) is 8.83. The number of methoxy groups -OCH3 is 1. The number of benzene rings is 1. The molecule has 146 valence electrons. The van der Waals surface area contributed by atoms with E-state index in [1.165, 1.54) is 16.6 Å². The van der Waals surface area contributed by atoms with Crippen molar-refractivity contribution in [3.63, 3.8) is 0 Å². The number of aromatic nitrogens is 2. The van der Waals surface area contributed by atoms with Crippen LogP contribution in [-0.4, -0.2) is 35.7 Å². The maximum Gasteiger partial charge on any atom is 0.330 e. The summed E-state index contributed by atoms with van der Waals surface area (Å²) < 4.78 is 6.37. The van der Waals surface area contributed by atoms with Crippen LogP contribution in [0.15, 0.2) is 27.8 Å². The Hall–Kier alpha value is -2.87. The SMILES string of the molecule is CCCn1c(N)c(N(CCOC)C(=O)c2cccc(C)c2C)c(=O)[nH]c1=O. The van der Waals surface area contributed by atoms with E-state index in [1.54, 1.807) is 12.1 Å². The second-order valence-electron chi connectivity index (χ2n) is 6.34. The molecular weight excluding hydrogens is 348 g/mol. The van der Waals surface area contributed by atoms with E-state index < -0.39 is 11.2 Å². The molecule has 1 aromatic heterocycles. The van der Waals surface area contributed by atoms with Crippen molar-refractivity contribution >= 4 is 17.4 Å². The van der Waals surface area contributed by atoms with Gasteiger partial charge in [0.1, 0.15) is 5.82 Å². The lowest BCUT2D eigenvalue weighted by Crippen LogP contribution is -2.42. The Kier molecular flexibility index (Phi) is 6.57. The number of aryl methyl sites for hydroxylation is 1. The van der Waals surface area contributed by atoms with Crippen molar-refractivity contribution in [1.82, 2.24) is 9.55 Å². The number of nitrogens with zero attached hydrogens (tertiary/aromatic N) is 2. The second-order valence-corrected chi connectivity index (χ2v) is 6.34. The zero-order valence-corrected chi connectivity index (χ0v) is 16.2. The summed E-state index contributed by atoms with van der Waals surface area (Å²) in [7, 11) is 1.51. The number of rotatable bonds is 7. The lowest BCUT2D eigenvalue weighted by atomic mass is 10.0. The first kappa shape index (κ1) is 20.4. The quantitative estimate of drug-likeness (QED) is 0.762. The molecule has 3 N–H and O–H groups in total. The van der Waals surface area contributed by atoms with Crippen molar-refractivity contribution in [2.24, 2.45) is 0 Å². The number of aromatic amines is 1. The zero-order chi connectivity index (χ0) is 20.1.